The van der Waals surface area contributed by atoms with Gasteiger partial charge >= 0.3 is 0 Å². The fourth-order valence-corrected chi connectivity index (χ4v) is 3.40. The minimum absolute atomic E-state index is 0.169. The van der Waals surface area contributed by atoms with Gasteiger partial charge in [0, 0.05) is 11.1 Å². The zero-order valence-electron chi connectivity index (χ0n) is 13.7. The third kappa shape index (κ3) is 5.30. The second-order valence-corrected chi connectivity index (χ2v) is 7.65. The molecule has 2 N–H and O–H groups in total. The molecule has 12 heteroatoms. The number of benzene rings is 2. The van der Waals surface area contributed by atoms with Crippen LogP contribution in [0, 0.1) is 10.1 Å². The molecule has 0 aliphatic carbocycles. The molecule has 2 aromatic rings. The number of nitro groups is 1. The molecule has 0 aromatic heterocycles. The van der Waals surface area contributed by atoms with E-state index in [4.69, 9.17) is 27.9 Å². The van der Waals surface area contributed by atoms with Gasteiger partial charge < -0.3 is 4.74 Å². The van der Waals surface area contributed by atoms with Crippen LogP contribution in [0.15, 0.2) is 47.4 Å². The van der Waals surface area contributed by atoms with Crippen LogP contribution >= 0.6 is 23.2 Å². The number of nitro benzene ring substituents is 1. The summed E-state index contributed by atoms with van der Waals surface area (Å²) in [5.74, 6) is -0.673. The van der Waals surface area contributed by atoms with E-state index >= 15 is 0 Å². The molecule has 1 amide bonds. The molecular formula is C15H13Cl2N3O6S. The summed E-state index contributed by atoms with van der Waals surface area (Å²) < 4.78 is 29.8. The number of para-hydroxylation sites is 1. The lowest BCUT2D eigenvalue weighted by molar-refractivity contribution is -0.387. The van der Waals surface area contributed by atoms with E-state index in [-0.39, 0.29) is 10.8 Å². The van der Waals surface area contributed by atoms with Gasteiger partial charge in [-0.3, -0.25) is 20.3 Å². The first kappa shape index (κ1) is 20.9. The Morgan fingerprint density at radius 1 is 1.22 bits per heavy atom. The second kappa shape index (κ2) is 8.53. The van der Waals surface area contributed by atoms with Crippen LogP contribution in [0.25, 0.3) is 0 Å². The van der Waals surface area contributed by atoms with Crippen LogP contribution in [0.2, 0.25) is 10.0 Å². The van der Waals surface area contributed by atoms with Gasteiger partial charge in [0.05, 0.1) is 9.95 Å². The van der Waals surface area contributed by atoms with Crippen molar-refractivity contribution >= 4 is 44.8 Å². The van der Waals surface area contributed by atoms with E-state index in [2.05, 4.69) is 0 Å². The molecule has 2 rings (SSSR count). The van der Waals surface area contributed by atoms with Crippen LogP contribution in [-0.4, -0.2) is 25.4 Å². The number of sulfonamides is 1. The van der Waals surface area contributed by atoms with E-state index in [0.717, 1.165) is 12.1 Å². The smallest absolute Gasteiger partial charge is 0.289 e. The molecule has 0 aliphatic rings. The van der Waals surface area contributed by atoms with E-state index < -0.39 is 37.5 Å². The predicted octanol–water partition coefficient (Wildman–Crippen LogP) is 2.68. The third-order valence-corrected chi connectivity index (χ3v) is 5.05. The normalized spacial score (nSPS) is 12.3. The molecule has 0 radical (unpaired) electrons. The quantitative estimate of drug-likeness (QED) is 0.510. The van der Waals surface area contributed by atoms with Gasteiger partial charge in [0.1, 0.15) is 5.75 Å². The molecule has 0 bridgehead atoms. The van der Waals surface area contributed by atoms with Crippen molar-refractivity contribution in [2.45, 2.75) is 17.9 Å². The van der Waals surface area contributed by atoms with Gasteiger partial charge in [-0.1, -0.05) is 35.3 Å². The highest BCUT2D eigenvalue weighted by atomic mass is 35.5. The van der Waals surface area contributed by atoms with E-state index in [1.165, 1.54) is 37.3 Å². The number of carbonyl (C=O) groups is 1. The Morgan fingerprint density at radius 3 is 2.52 bits per heavy atom. The maximum Gasteiger partial charge on any atom is 0.289 e. The predicted molar refractivity (Wildman–Crippen MR) is 98.1 cm³/mol. The summed E-state index contributed by atoms with van der Waals surface area (Å²) in [6.45, 7) is 1.36. The highest BCUT2D eigenvalue weighted by Crippen LogP contribution is 2.28. The molecule has 144 valence electrons. The average molecular weight is 434 g/mol. The molecule has 1 atom stereocenters. The number of rotatable bonds is 7. The molecule has 2 aromatic carbocycles. The summed E-state index contributed by atoms with van der Waals surface area (Å²) in [5, 5.41) is 11.5. The minimum Gasteiger partial charge on any atom is -0.479 e. The maximum absolute atomic E-state index is 12.2. The van der Waals surface area contributed by atoms with Crippen molar-refractivity contribution in [3.05, 3.63) is 62.6 Å². The molecule has 0 saturated heterocycles. The van der Waals surface area contributed by atoms with Gasteiger partial charge in [0.25, 0.3) is 21.6 Å². The number of ether oxygens (including phenoxy) is 1. The van der Waals surface area contributed by atoms with Crippen molar-refractivity contribution in [2.75, 3.05) is 0 Å². The lowest BCUT2D eigenvalue weighted by Gasteiger charge is -2.16. The largest absolute Gasteiger partial charge is 0.479 e. The Hall–Kier alpha value is -2.40. The minimum atomic E-state index is -4.37. The zero-order chi connectivity index (χ0) is 20.2. The van der Waals surface area contributed by atoms with Crippen molar-refractivity contribution in [3.63, 3.8) is 0 Å². The van der Waals surface area contributed by atoms with Crippen molar-refractivity contribution in [3.8, 4) is 5.75 Å². The van der Waals surface area contributed by atoms with Gasteiger partial charge in [0.15, 0.2) is 11.0 Å². The van der Waals surface area contributed by atoms with Crippen molar-refractivity contribution in [2.24, 2.45) is 0 Å². The van der Waals surface area contributed by atoms with Crippen molar-refractivity contribution in [1.82, 2.24) is 10.3 Å². The fraction of sp³-hybridized carbons (Fsp3) is 0.133. The Labute approximate surface area is 164 Å². The third-order valence-electron chi connectivity index (χ3n) is 3.23. The van der Waals surface area contributed by atoms with Crippen LogP contribution in [0.4, 0.5) is 5.69 Å². The van der Waals surface area contributed by atoms with E-state index in [0.29, 0.717) is 5.02 Å². The lowest BCUT2D eigenvalue weighted by Crippen LogP contribution is -2.47. The van der Waals surface area contributed by atoms with Crippen molar-refractivity contribution < 1.29 is 22.9 Å². The van der Waals surface area contributed by atoms with Crippen LogP contribution in [-0.2, 0) is 14.8 Å². The van der Waals surface area contributed by atoms with Gasteiger partial charge in [0.2, 0.25) is 0 Å². The number of nitrogens with one attached hydrogen (secondary N) is 2. The lowest BCUT2D eigenvalue weighted by atomic mass is 10.3. The summed E-state index contributed by atoms with van der Waals surface area (Å²) in [5.41, 5.74) is 1.32. The van der Waals surface area contributed by atoms with E-state index in [1.807, 2.05) is 5.43 Å². The Balaban J connectivity index is 2.07. The number of hydrogen-bond acceptors (Lipinski definition) is 6. The highest BCUT2D eigenvalue weighted by Gasteiger charge is 2.26. The number of nitrogens with zero attached hydrogens (tertiary/aromatic N) is 1. The summed E-state index contributed by atoms with van der Waals surface area (Å²) in [7, 11) is -4.37. The first-order valence-corrected chi connectivity index (χ1v) is 9.52. The summed E-state index contributed by atoms with van der Waals surface area (Å²) in [4.78, 5) is 23.4. The number of halogens is 2. The molecule has 0 spiro atoms. The molecular weight excluding hydrogens is 421 g/mol. The Kier molecular flexibility index (Phi) is 6.60. The number of carbonyl (C=O) groups excluding carboxylic acids is 1. The van der Waals surface area contributed by atoms with Gasteiger partial charge in [-0.2, -0.15) is 0 Å². The molecule has 27 heavy (non-hydrogen) atoms. The second-order valence-electron chi connectivity index (χ2n) is 5.15. The summed E-state index contributed by atoms with van der Waals surface area (Å²) in [6, 6.07) is 9.08. The first-order chi connectivity index (χ1) is 12.6. The van der Waals surface area contributed by atoms with E-state index in [9.17, 15) is 23.3 Å². The monoisotopic (exact) mass is 433 g/mol. The van der Waals surface area contributed by atoms with E-state index in [1.54, 1.807) is 4.83 Å². The van der Waals surface area contributed by atoms with Gasteiger partial charge in [-0.25, -0.2) is 8.42 Å². The Bertz CT molecular complexity index is 983. The van der Waals surface area contributed by atoms with Crippen LogP contribution < -0.4 is 15.0 Å². The molecule has 0 unspecified atom stereocenters. The molecule has 0 aliphatic heterocycles. The molecule has 0 saturated carbocycles. The summed E-state index contributed by atoms with van der Waals surface area (Å²) >= 11 is 11.7. The first-order valence-electron chi connectivity index (χ1n) is 7.28. The zero-order valence-corrected chi connectivity index (χ0v) is 16.0. The average Bonchev–Trinajstić information content (AvgIpc) is 2.62. The maximum atomic E-state index is 12.2. The fourth-order valence-electron chi connectivity index (χ4n) is 1.92. The number of amides is 1. The number of hydrogen-bond donors (Lipinski definition) is 2. The number of hydrazine groups is 1. The topological polar surface area (TPSA) is 128 Å². The van der Waals surface area contributed by atoms with Crippen molar-refractivity contribution in [1.29, 1.82) is 0 Å². The molecule has 0 heterocycles. The highest BCUT2D eigenvalue weighted by molar-refractivity contribution is 7.89. The van der Waals surface area contributed by atoms with Gasteiger partial charge in [-0.05, 0) is 31.2 Å². The Morgan fingerprint density at radius 2 is 1.89 bits per heavy atom. The van der Waals surface area contributed by atoms with Crippen LogP contribution in [0.5, 0.6) is 5.75 Å². The SMILES string of the molecule is C[C@H](Oc1ccc(Cl)cc1Cl)C(=O)NNS(=O)(=O)c1ccccc1[N+](=O)[O-]. The molecule has 9 nitrogen and oxygen atoms in total. The molecule has 0 fully saturated rings. The van der Waals surface area contributed by atoms with Gasteiger partial charge in [-0.15, -0.1) is 4.83 Å². The standard InChI is InChI=1S/C15H13Cl2N3O6S/c1-9(26-13-7-6-10(16)8-11(13)17)15(21)18-19-27(24,25)14-5-3-2-4-12(14)20(22)23/h2-9,19H,1H3,(H,18,21)/t9-/m0/s1. The van der Waals surface area contributed by atoms with Crippen LogP contribution in [0.3, 0.4) is 0 Å². The summed E-state index contributed by atoms with van der Waals surface area (Å²) in [6.07, 6.45) is -1.13. The van der Waals surface area contributed by atoms with Crippen LogP contribution in [0.1, 0.15) is 6.92 Å².